The highest BCUT2D eigenvalue weighted by atomic mass is 19.1. The number of carbonyl (C=O) groups is 1. The Balaban J connectivity index is 1.88. The van der Waals surface area contributed by atoms with Crippen LogP contribution >= 0.6 is 0 Å². The number of benzene rings is 2. The van der Waals surface area contributed by atoms with Gasteiger partial charge in [-0.1, -0.05) is 11.6 Å². The van der Waals surface area contributed by atoms with Gasteiger partial charge in [0, 0.05) is 23.7 Å². The van der Waals surface area contributed by atoms with Crippen molar-refractivity contribution in [2.45, 2.75) is 13.5 Å². The number of rotatable bonds is 3. The zero-order valence-electron chi connectivity index (χ0n) is 13.5. The molecule has 0 saturated carbocycles. The summed E-state index contributed by atoms with van der Waals surface area (Å²) >= 11 is 0. The van der Waals surface area contributed by atoms with Gasteiger partial charge in [0.1, 0.15) is 5.82 Å². The molecule has 2 aromatic carbocycles. The Morgan fingerprint density at radius 3 is 2.54 bits per heavy atom. The molecule has 0 unspecified atom stereocenters. The van der Waals surface area contributed by atoms with Gasteiger partial charge in [0.15, 0.2) is 0 Å². The molecular weight excluding hydrogens is 307 g/mol. The number of hydrogen-bond acceptors (Lipinski definition) is 2. The maximum absolute atomic E-state index is 13.0. The summed E-state index contributed by atoms with van der Waals surface area (Å²) in [5.74, 6) is -0.658. The maximum atomic E-state index is 13.0. The molecule has 0 saturated heterocycles. The summed E-state index contributed by atoms with van der Waals surface area (Å²) in [6.45, 7) is 2.16. The summed E-state index contributed by atoms with van der Waals surface area (Å²) in [5, 5.41) is 0.923. The number of aromatic amines is 1. The van der Waals surface area contributed by atoms with Crippen LogP contribution in [-0.4, -0.2) is 22.8 Å². The van der Waals surface area contributed by atoms with E-state index in [1.165, 1.54) is 29.2 Å². The van der Waals surface area contributed by atoms with Crippen molar-refractivity contribution < 1.29 is 9.18 Å². The van der Waals surface area contributed by atoms with E-state index in [1.54, 1.807) is 13.1 Å². The predicted octanol–water partition coefficient (Wildman–Crippen LogP) is 3.25. The average molecular weight is 324 g/mol. The van der Waals surface area contributed by atoms with E-state index < -0.39 is 5.82 Å². The van der Waals surface area contributed by atoms with Crippen molar-refractivity contribution in [1.29, 1.82) is 0 Å². The van der Waals surface area contributed by atoms with E-state index in [4.69, 9.17) is 0 Å². The van der Waals surface area contributed by atoms with Crippen molar-refractivity contribution in [3.8, 4) is 0 Å². The molecule has 3 aromatic rings. The Bertz CT molecular complexity index is 961. The number of nitrogens with zero attached hydrogens (tertiary/aromatic N) is 1. The standard InChI is InChI=1S/C19H17FN2O2/c1-12-3-8-17-14(9-12)10-15(18(23)21-17)11-22(2)19(24)13-4-6-16(20)7-5-13/h3-10H,11H2,1-2H3,(H,21,23). The molecule has 24 heavy (non-hydrogen) atoms. The van der Waals surface area contributed by atoms with Crippen molar-refractivity contribution in [3.63, 3.8) is 0 Å². The smallest absolute Gasteiger partial charge is 0.253 e. The molecule has 1 N–H and O–H groups in total. The van der Waals surface area contributed by atoms with E-state index in [0.717, 1.165) is 16.5 Å². The third-order valence-corrected chi connectivity index (χ3v) is 3.92. The first kappa shape index (κ1) is 15.9. The van der Waals surface area contributed by atoms with Crippen LogP contribution < -0.4 is 5.56 Å². The molecule has 0 spiro atoms. The van der Waals surface area contributed by atoms with E-state index >= 15 is 0 Å². The van der Waals surface area contributed by atoms with E-state index in [1.807, 2.05) is 25.1 Å². The molecule has 0 aliphatic rings. The fraction of sp³-hybridized carbons (Fsp3) is 0.158. The SMILES string of the molecule is Cc1ccc2[nH]c(=O)c(CN(C)C(=O)c3ccc(F)cc3)cc2c1. The minimum Gasteiger partial charge on any atom is -0.337 e. The predicted molar refractivity (Wildman–Crippen MR) is 91.5 cm³/mol. The Kier molecular flexibility index (Phi) is 4.16. The van der Waals surface area contributed by atoms with Crippen LogP contribution in [0.1, 0.15) is 21.5 Å². The zero-order chi connectivity index (χ0) is 17.3. The van der Waals surface area contributed by atoms with Gasteiger partial charge in [-0.15, -0.1) is 0 Å². The topological polar surface area (TPSA) is 53.2 Å². The van der Waals surface area contributed by atoms with Crippen LogP contribution in [-0.2, 0) is 6.54 Å². The Labute approximate surface area is 138 Å². The first-order valence-corrected chi connectivity index (χ1v) is 7.57. The van der Waals surface area contributed by atoms with Gasteiger partial charge in [-0.3, -0.25) is 9.59 Å². The molecule has 4 nitrogen and oxygen atoms in total. The van der Waals surface area contributed by atoms with Crippen LogP contribution in [0.4, 0.5) is 4.39 Å². The molecule has 0 fully saturated rings. The lowest BCUT2D eigenvalue weighted by Gasteiger charge is -2.17. The molecule has 1 aromatic heterocycles. The molecular formula is C19H17FN2O2. The Hall–Kier alpha value is -2.95. The molecule has 5 heteroatoms. The highest BCUT2D eigenvalue weighted by Crippen LogP contribution is 2.14. The van der Waals surface area contributed by atoms with E-state index in [2.05, 4.69) is 4.98 Å². The van der Waals surface area contributed by atoms with Gasteiger partial charge in [-0.2, -0.15) is 0 Å². The summed E-state index contributed by atoms with van der Waals surface area (Å²) in [6.07, 6.45) is 0. The van der Waals surface area contributed by atoms with Gasteiger partial charge in [0.25, 0.3) is 11.5 Å². The van der Waals surface area contributed by atoms with Gasteiger partial charge in [0.2, 0.25) is 0 Å². The molecule has 122 valence electrons. The number of amides is 1. The van der Waals surface area contributed by atoms with Crippen LogP contribution in [0.25, 0.3) is 10.9 Å². The van der Waals surface area contributed by atoms with Crippen LogP contribution in [0.5, 0.6) is 0 Å². The van der Waals surface area contributed by atoms with Crippen molar-refractivity contribution in [3.05, 3.63) is 81.4 Å². The third kappa shape index (κ3) is 3.20. The highest BCUT2D eigenvalue weighted by molar-refractivity contribution is 5.94. The largest absolute Gasteiger partial charge is 0.337 e. The zero-order valence-corrected chi connectivity index (χ0v) is 13.5. The lowest BCUT2D eigenvalue weighted by atomic mass is 10.1. The number of hydrogen-bond donors (Lipinski definition) is 1. The fourth-order valence-corrected chi connectivity index (χ4v) is 2.63. The molecule has 0 bridgehead atoms. The van der Waals surface area contributed by atoms with Crippen molar-refractivity contribution in [1.82, 2.24) is 9.88 Å². The lowest BCUT2D eigenvalue weighted by Crippen LogP contribution is -2.29. The van der Waals surface area contributed by atoms with Gasteiger partial charge in [-0.25, -0.2) is 4.39 Å². The second-order valence-corrected chi connectivity index (χ2v) is 5.88. The van der Waals surface area contributed by atoms with Gasteiger partial charge in [-0.05, 0) is 54.8 Å². The van der Waals surface area contributed by atoms with Gasteiger partial charge in [0.05, 0.1) is 6.54 Å². The first-order valence-electron chi connectivity index (χ1n) is 7.57. The summed E-state index contributed by atoms with van der Waals surface area (Å²) < 4.78 is 13.0. The van der Waals surface area contributed by atoms with Crippen molar-refractivity contribution in [2.24, 2.45) is 0 Å². The van der Waals surface area contributed by atoms with Crippen molar-refractivity contribution in [2.75, 3.05) is 7.05 Å². The maximum Gasteiger partial charge on any atom is 0.253 e. The van der Waals surface area contributed by atoms with Crippen LogP contribution in [0.2, 0.25) is 0 Å². The molecule has 0 atom stereocenters. The van der Waals surface area contributed by atoms with E-state index in [-0.39, 0.29) is 18.0 Å². The van der Waals surface area contributed by atoms with Crippen LogP contribution in [0.3, 0.4) is 0 Å². The van der Waals surface area contributed by atoms with Gasteiger partial charge >= 0.3 is 0 Å². The summed E-state index contributed by atoms with van der Waals surface area (Å²) in [5.41, 5.74) is 2.53. The van der Waals surface area contributed by atoms with E-state index in [0.29, 0.717) is 11.1 Å². The van der Waals surface area contributed by atoms with Gasteiger partial charge < -0.3 is 9.88 Å². The second kappa shape index (κ2) is 6.28. The molecule has 0 aliphatic carbocycles. The Morgan fingerprint density at radius 2 is 1.83 bits per heavy atom. The summed E-state index contributed by atoms with van der Waals surface area (Å²) in [4.78, 5) is 28.9. The quantitative estimate of drug-likeness (QED) is 0.804. The lowest BCUT2D eigenvalue weighted by molar-refractivity contribution is 0.0784. The monoisotopic (exact) mass is 324 g/mol. The molecule has 1 amide bonds. The number of aryl methyl sites for hydroxylation is 1. The molecule has 0 radical (unpaired) electrons. The molecule has 1 heterocycles. The number of fused-ring (bicyclic) bond motifs is 1. The van der Waals surface area contributed by atoms with E-state index in [9.17, 15) is 14.0 Å². The highest BCUT2D eigenvalue weighted by Gasteiger charge is 2.14. The third-order valence-electron chi connectivity index (χ3n) is 3.92. The molecule has 0 aliphatic heterocycles. The number of carbonyl (C=O) groups excluding carboxylic acids is 1. The second-order valence-electron chi connectivity index (χ2n) is 5.88. The normalized spacial score (nSPS) is 10.8. The minimum absolute atomic E-state index is 0.176. The van der Waals surface area contributed by atoms with Crippen LogP contribution in [0.15, 0.2) is 53.3 Å². The summed E-state index contributed by atoms with van der Waals surface area (Å²) in [6, 6.07) is 12.9. The number of pyridine rings is 1. The average Bonchev–Trinajstić information content (AvgIpc) is 2.56. The molecule has 3 rings (SSSR count). The first-order chi connectivity index (χ1) is 11.4. The number of nitrogens with one attached hydrogen (secondary N) is 1. The van der Waals surface area contributed by atoms with Crippen molar-refractivity contribution >= 4 is 16.8 Å². The minimum atomic E-state index is -0.393. The number of halogens is 1. The fourth-order valence-electron chi connectivity index (χ4n) is 2.63. The summed E-state index contributed by atoms with van der Waals surface area (Å²) in [7, 11) is 1.62. The Morgan fingerprint density at radius 1 is 1.12 bits per heavy atom. The number of aromatic nitrogens is 1. The number of H-pyrrole nitrogens is 1. The van der Waals surface area contributed by atoms with Crippen LogP contribution in [0, 0.1) is 12.7 Å².